The maximum Gasteiger partial charge on any atom is 0.228 e. The minimum Gasteiger partial charge on any atom is -0.384 e. The second kappa shape index (κ2) is 10.2. The van der Waals surface area contributed by atoms with Gasteiger partial charge in [-0.15, -0.1) is 0 Å². The first kappa shape index (κ1) is 22.4. The molecule has 170 valence electrons. The number of ether oxygens (including phenoxy) is 1. The van der Waals surface area contributed by atoms with E-state index in [2.05, 4.69) is 12.1 Å². The predicted molar refractivity (Wildman–Crippen MR) is 122 cm³/mol. The SMILES string of the molecule is COCCC(=O)N1CCC[C@@H]1c1nc(C)c2c(n1)N(CCCc1ccccc1)C(=O)CC2. The molecule has 0 N–H and O–H groups in total. The van der Waals surface area contributed by atoms with Gasteiger partial charge in [-0.25, -0.2) is 9.97 Å². The van der Waals surface area contributed by atoms with Crippen molar-refractivity contribution in [1.82, 2.24) is 14.9 Å². The van der Waals surface area contributed by atoms with Gasteiger partial charge in [0.2, 0.25) is 11.8 Å². The maximum atomic E-state index is 12.8. The van der Waals surface area contributed by atoms with Crippen LogP contribution in [-0.4, -0.2) is 53.5 Å². The average Bonchev–Trinajstić information content (AvgIpc) is 3.29. The minimum atomic E-state index is -0.133. The van der Waals surface area contributed by atoms with Gasteiger partial charge in [0.1, 0.15) is 5.82 Å². The number of likely N-dealkylation sites (tertiary alicyclic amines) is 1. The van der Waals surface area contributed by atoms with Crippen molar-refractivity contribution in [1.29, 1.82) is 0 Å². The molecule has 32 heavy (non-hydrogen) atoms. The zero-order chi connectivity index (χ0) is 22.5. The monoisotopic (exact) mass is 436 g/mol. The van der Waals surface area contributed by atoms with Gasteiger partial charge in [0, 0.05) is 37.9 Å². The molecule has 7 heteroatoms. The van der Waals surface area contributed by atoms with Crippen LogP contribution < -0.4 is 4.90 Å². The molecule has 0 saturated carbocycles. The highest BCUT2D eigenvalue weighted by molar-refractivity contribution is 5.95. The van der Waals surface area contributed by atoms with Crippen LogP contribution in [-0.2, 0) is 27.2 Å². The van der Waals surface area contributed by atoms with E-state index in [-0.39, 0.29) is 17.9 Å². The van der Waals surface area contributed by atoms with Gasteiger partial charge in [-0.1, -0.05) is 30.3 Å². The Balaban J connectivity index is 1.55. The van der Waals surface area contributed by atoms with E-state index < -0.39 is 0 Å². The van der Waals surface area contributed by atoms with Crippen LogP contribution in [0, 0.1) is 6.92 Å². The molecule has 2 amide bonds. The molecule has 0 unspecified atom stereocenters. The summed E-state index contributed by atoms with van der Waals surface area (Å²) in [5.41, 5.74) is 3.25. The Bertz CT molecular complexity index is 963. The van der Waals surface area contributed by atoms with Crippen LogP contribution in [0.3, 0.4) is 0 Å². The minimum absolute atomic E-state index is 0.0733. The molecule has 0 spiro atoms. The molecule has 0 bridgehead atoms. The Morgan fingerprint density at radius 3 is 2.78 bits per heavy atom. The molecule has 2 aliphatic heterocycles. The number of carbonyl (C=O) groups excluding carboxylic acids is 2. The van der Waals surface area contributed by atoms with Crippen molar-refractivity contribution in [3.8, 4) is 0 Å². The number of methoxy groups -OCH3 is 1. The van der Waals surface area contributed by atoms with Gasteiger partial charge in [-0.05, 0) is 44.6 Å². The first-order chi connectivity index (χ1) is 15.6. The van der Waals surface area contributed by atoms with Crippen molar-refractivity contribution >= 4 is 17.6 Å². The summed E-state index contributed by atoms with van der Waals surface area (Å²) in [7, 11) is 1.61. The van der Waals surface area contributed by atoms with Crippen molar-refractivity contribution in [3.63, 3.8) is 0 Å². The van der Waals surface area contributed by atoms with E-state index in [0.717, 1.165) is 42.8 Å². The predicted octanol–water partition coefficient (Wildman–Crippen LogP) is 3.40. The van der Waals surface area contributed by atoms with Crippen molar-refractivity contribution in [3.05, 3.63) is 53.0 Å². The third kappa shape index (κ3) is 4.83. The van der Waals surface area contributed by atoms with Crippen LogP contribution in [0.2, 0.25) is 0 Å². The van der Waals surface area contributed by atoms with E-state index in [1.807, 2.05) is 34.9 Å². The Hall–Kier alpha value is -2.80. The fourth-order valence-corrected chi connectivity index (χ4v) is 4.74. The van der Waals surface area contributed by atoms with E-state index in [1.54, 1.807) is 7.11 Å². The molecular weight excluding hydrogens is 404 g/mol. The molecule has 7 nitrogen and oxygen atoms in total. The molecule has 1 aromatic carbocycles. The van der Waals surface area contributed by atoms with Gasteiger partial charge in [-0.2, -0.15) is 0 Å². The zero-order valence-corrected chi connectivity index (χ0v) is 19.0. The largest absolute Gasteiger partial charge is 0.384 e. The van der Waals surface area contributed by atoms with Gasteiger partial charge < -0.3 is 9.64 Å². The topological polar surface area (TPSA) is 75.6 Å². The lowest BCUT2D eigenvalue weighted by Gasteiger charge is -2.31. The third-order valence-electron chi connectivity index (χ3n) is 6.44. The highest BCUT2D eigenvalue weighted by atomic mass is 16.5. The summed E-state index contributed by atoms with van der Waals surface area (Å²) in [5, 5.41) is 0. The van der Waals surface area contributed by atoms with Gasteiger partial charge in [0.05, 0.1) is 19.1 Å². The summed E-state index contributed by atoms with van der Waals surface area (Å²) in [6, 6.07) is 10.2. The number of hydrogen-bond acceptors (Lipinski definition) is 5. The van der Waals surface area contributed by atoms with E-state index in [1.165, 1.54) is 5.56 Å². The molecule has 1 fully saturated rings. The third-order valence-corrected chi connectivity index (χ3v) is 6.44. The van der Waals surface area contributed by atoms with E-state index in [4.69, 9.17) is 14.7 Å². The average molecular weight is 437 g/mol. The molecule has 3 heterocycles. The molecule has 1 saturated heterocycles. The van der Waals surface area contributed by atoms with Gasteiger partial charge in [-0.3, -0.25) is 14.5 Å². The standard InChI is InChI=1S/C25H32N4O3/c1-18-20-12-13-22(30)29(16-6-10-19-8-4-3-5-9-19)25(20)27-24(26-18)21-11-7-15-28(21)23(31)14-17-32-2/h3-5,8-9,21H,6-7,10-17H2,1-2H3/t21-/m1/s1. The fourth-order valence-electron chi connectivity index (χ4n) is 4.74. The Morgan fingerprint density at radius 1 is 1.19 bits per heavy atom. The lowest BCUT2D eigenvalue weighted by molar-refractivity contribution is -0.133. The quantitative estimate of drug-likeness (QED) is 0.634. The highest BCUT2D eigenvalue weighted by Gasteiger charge is 2.34. The first-order valence-electron chi connectivity index (χ1n) is 11.6. The van der Waals surface area contributed by atoms with Crippen LogP contribution in [0.5, 0.6) is 0 Å². The second-order valence-corrected chi connectivity index (χ2v) is 8.59. The number of amides is 2. The van der Waals surface area contributed by atoms with Gasteiger partial charge >= 0.3 is 0 Å². The molecule has 0 aliphatic carbocycles. The molecule has 1 aromatic heterocycles. The zero-order valence-electron chi connectivity index (χ0n) is 19.0. The van der Waals surface area contributed by atoms with Crippen LogP contribution in [0.15, 0.2) is 30.3 Å². The molecule has 0 radical (unpaired) electrons. The van der Waals surface area contributed by atoms with Crippen molar-refractivity contribution < 1.29 is 14.3 Å². The van der Waals surface area contributed by atoms with Gasteiger partial charge in [0.25, 0.3) is 0 Å². The smallest absolute Gasteiger partial charge is 0.228 e. The number of hydrogen-bond donors (Lipinski definition) is 0. The van der Waals surface area contributed by atoms with Crippen LogP contribution in [0.4, 0.5) is 5.82 Å². The number of anilines is 1. The maximum absolute atomic E-state index is 12.8. The second-order valence-electron chi connectivity index (χ2n) is 8.59. The lowest BCUT2D eigenvalue weighted by atomic mass is 10.0. The number of fused-ring (bicyclic) bond motifs is 1. The Morgan fingerprint density at radius 2 is 2.00 bits per heavy atom. The summed E-state index contributed by atoms with van der Waals surface area (Å²) in [6.07, 6.45) is 5.10. The summed E-state index contributed by atoms with van der Waals surface area (Å²) >= 11 is 0. The van der Waals surface area contributed by atoms with Gasteiger partial charge in [0.15, 0.2) is 5.82 Å². The van der Waals surface area contributed by atoms with Crippen molar-refractivity contribution in [2.45, 2.75) is 57.9 Å². The van der Waals surface area contributed by atoms with E-state index >= 15 is 0 Å². The number of carbonyl (C=O) groups is 2. The fraction of sp³-hybridized carbons (Fsp3) is 0.520. The number of rotatable bonds is 8. The summed E-state index contributed by atoms with van der Waals surface area (Å²) < 4.78 is 5.08. The summed E-state index contributed by atoms with van der Waals surface area (Å²) in [4.78, 5) is 38.9. The molecule has 2 aromatic rings. The van der Waals surface area contributed by atoms with Crippen LogP contribution >= 0.6 is 0 Å². The normalized spacial score (nSPS) is 18.2. The van der Waals surface area contributed by atoms with E-state index in [0.29, 0.717) is 44.8 Å². The molecule has 4 rings (SSSR count). The number of benzene rings is 1. The van der Waals surface area contributed by atoms with E-state index in [9.17, 15) is 9.59 Å². The number of aromatic nitrogens is 2. The lowest BCUT2D eigenvalue weighted by Crippen LogP contribution is -2.38. The highest BCUT2D eigenvalue weighted by Crippen LogP contribution is 2.35. The first-order valence-corrected chi connectivity index (χ1v) is 11.6. The Labute approximate surface area is 189 Å². The van der Waals surface area contributed by atoms with Crippen LogP contribution in [0.25, 0.3) is 0 Å². The molecule has 1 atom stereocenters. The number of nitrogens with zero attached hydrogens (tertiary/aromatic N) is 4. The molecule has 2 aliphatic rings. The molecular formula is C25H32N4O3. The van der Waals surface area contributed by atoms with Crippen molar-refractivity contribution in [2.75, 3.05) is 31.7 Å². The van der Waals surface area contributed by atoms with Crippen molar-refractivity contribution in [2.24, 2.45) is 0 Å². The summed E-state index contributed by atoms with van der Waals surface area (Å²) in [6.45, 7) is 3.76. The number of aryl methyl sites for hydroxylation is 2. The Kier molecular flexibility index (Phi) is 7.15. The van der Waals surface area contributed by atoms with Crippen LogP contribution in [0.1, 0.15) is 60.8 Å². The summed E-state index contributed by atoms with van der Waals surface area (Å²) in [5.74, 6) is 1.60.